The first kappa shape index (κ1) is 28.3. The molecule has 4 atom stereocenters. The zero-order chi connectivity index (χ0) is 27.3. The van der Waals surface area contributed by atoms with Crippen LogP contribution in [-0.4, -0.2) is 47.7 Å². The van der Waals surface area contributed by atoms with Crippen LogP contribution in [0, 0.1) is 18.8 Å². The van der Waals surface area contributed by atoms with Gasteiger partial charge in [0.15, 0.2) is 12.5 Å². The third-order valence-corrected chi connectivity index (χ3v) is 7.57. The number of para-hydroxylation sites is 1. The summed E-state index contributed by atoms with van der Waals surface area (Å²) in [5.74, 6) is 0.227. The highest BCUT2D eigenvalue weighted by Crippen LogP contribution is 2.46. The Kier molecular flexibility index (Phi) is 9.22. The average Bonchev–Trinajstić information content (AvgIpc) is 3.58. The summed E-state index contributed by atoms with van der Waals surface area (Å²) >= 11 is 0. The van der Waals surface area contributed by atoms with E-state index < -0.39 is 43.5 Å². The quantitative estimate of drug-likeness (QED) is 0.281. The lowest BCUT2D eigenvalue weighted by atomic mass is 10.1. The Morgan fingerprint density at radius 3 is 2.63 bits per heavy atom. The predicted molar refractivity (Wildman–Crippen MR) is 137 cm³/mol. The second kappa shape index (κ2) is 12.4. The zero-order valence-electron chi connectivity index (χ0n) is 21.7. The summed E-state index contributed by atoms with van der Waals surface area (Å²) in [6.45, 7) is 5.45. The maximum absolute atomic E-state index is 13.9. The van der Waals surface area contributed by atoms with Crippen LogP contribution in [0.5, 0.6) is 5.75 Å². The molecule has 2 aromatic rings. The SMILES string of the molecule is Cc1cn([C@H]2CO[C@@H](COP(=O)(N[C@@H](CC(C)C)C(=O)OCC3CC3)Oc3ccccc3)O2)c(=O)[nH]c1=O. The fraction of sp³-hybridized carbons (Fsp3) is 0.560. The maximum atomic E-state index is 13.9. The molecule has 2 N–H and O–H groups in total. The van der Waals surface area contributed by atoms with Crippen molar-refractivity contribution in [3.05, 3.63) is 62.9 Å². The number of carbonyl (C=O) groups is 1. The van der Waals surface area contributed by atoms with Gasteiger partial charge in [0.1, 0.15) is 18.4 Å². The summed E-state index contributed by atoms with van der Waals surface area (Å²) in [6.07, 6.45) is 1.98. The van der Waals surface area contributed by atoms with Gasteiger partial charge < -0.3 is 18.7 Å². The second-order valence-electron chi connectivity index (χ2n) is 9.91. The smallest absolute Gasteiger partial charge is 0.459 e. The number of benzene rings is 1. The van der Waals surface area contributed by atoms with E-state index >= 15 is 0 Å². The Balaban J connectivity index is 1.45. The van der Waals surface area contributed by atoms with E-state index in [0.717, 1.165) is 12.8 Å². The van der Waals surface area contributed by atoms with Crippen LogP contribution >= 0.6 is 7.75 Å². The van der Waals surface area contributed by atoms with Gasteiger partial charge in [-0.05, 0) is 50.2 Å². The third kappa shape index (κ3) is 7.87. The summed E-state index contributed by atoms with van der Waals surface area (Å²) in [7, 11) is -4.13. The Bertz CT molecular complexity index is 1260. The molecule has 2 fully saturated rings. The number of ether oxygens (including phenoxy) is 3. The molecule has 0 bridgehead atoms. The molecule has 1 unspecified atom stereocenters. The number of esters is 1. The molecule has 2 heterocycles. The summed E-state index contributed by atoms with van der Waals surface area (Å²) in [5, 5.41) is 2.77. The van der Waals surface area contributed by atoms with Crippen LogP contribution in [0.15, 0.2) is 46.1 Å². The molecule has 1 aliphatic carbocycles. The summed E-state index contributed by atoms with van der Waals surface area (Å²) < 4.78 is 43.3. The number of hydrogen-bond acceptors (Lipinski definition) is 9. The Morgan fingerprint density at radius 2 is 1.95 bits per heavy atom. The van der Waals surface area contributed by atoms with Crippen LogP contribution < -0.4 is 20.9 Å². The normalized spacial score (nSPS) is 21.7. The fourth-order valence-corrected chi connectivity index (χ4v) is 5.28. The molecule has 1 aromatic heterocycles. The average molecular weight is 552 g/mol. The lowest BCUT2D eigenvalue weighted by molar-refractivity contribution is -0.146. The molecule has 1 saturated heterocycles. The van der Waals surface area contributed by atoms with Crippen LogP contribution in [0.2, 0.25) is 0 Å². The van der Waals surface area contributed by atoms with E-state index in [-0.39, 0.29) is 24.9 Å². The van der Waals surface area contributed by atoms with Crippen molar-refractivity contribution in [1.29, 1.82) is 0 Å². The van der Waals surface area contributed by atoms with Gasteiger partial charge in [-0.1, -0.05) is 32.0 Å². The summed E-state index contributed by atoms with van der Waals surface area (Å²) in [5.41, 5.74) is -0.791. The van der Waals surface area contributed by atoms with Gasteiger partial charge in [0.2, 0.25) is 0 Å². The molecule has 4 rings (SSSR count). The van der Waals surface area contributed by atoms with Crippen LogP contribution in [0.4, 0.5) is 0 Å². The number of carbonyl (C=O) groups excluding carboxylic acids is 1. The van der Waals surface area contributed by atoms with E-state index in [9.17, 15) is 18.9 Å². The van der Waals surface area contributed by atoms with Crippen LogP contribution in [0.25, 0.3) is 0 Å². The first-order valence-corrected chi connectivity index (χ1v) is 14.2. The Morgan fingerprint density at radius 1 is 1.21 bits per heavy atom. The highest BCUT2D eigenvalue weighted by molar-refractivity contribution is 7.52. The molecule has 1 aromatic carbocycles. The van der Waals surface area contributed by atoms with Crippen LogP contribution in [0.3, 0.4) is 0 Å². The van der Waals surface area contributed by atoms with Crippen LogP contribution in [0.1, 0.15) is 44.9 Å². The number of hydrogen-bond donors (Lipinski definition) is 2. The van der Waals surface area contributed by atoms with E-state index in [1.165, 1.54) is 10.8 Å². The van der Waals surface area contributed by atoms with E-state index in [4.69, 9.17) is 23.3 Å². The van der Waals surface area contributed by atoms with Gasteiger partial charge in [-0.2, -0.15) is 5.09 Å². The maximum Gasteiger partial charge on any atom is 0.459 e. The molecule has 0 radical (unpaired) electrons. The number of aryl methyl sites for hydroxylation is 1. The van der Waals surface area contributed by atoms with Gasteiger partial charge >= 0.3 is 19.4 Å². The highest BCUT2D eigenvalue weighted by Gasteiger charge is 2.38. The van der Waals surface area contributed by atoms with Crippen molar-refractivity contribution >= 4 is 13.7 Å². The topological polar surface area (TPSA) is 147 Å². The van der Waals surface area contributed by atoms with Gasteiger partial charge in [-0.15, -0.1) is 0 Å². The van der Waals surface area contributed by atoms with Crippen molar-refractivity contribution in [2.24, 2.45) is 11.8 Å². The van der Waals surface area contributed by atoms with Crippen molar-refractivity contribution in [2.45, 2.75) is 58.6 Å². The molecule has 1 aliphatic heterocycles. The van der Waals surface area contributed by atoms with Gasteiger partial charge in [0, 0.05) is 11.8 Å². The van der Waals surface area contributed by atoms with E-state index in [1.807, 2.05) is 13.8 Å². The molecule has 0 spiro atoms. The zero-order valence-corrected chi connectivity index (χ0v) is 22.6. The summed E-state index contributed by atoms with van der Waals surface area (Å²) in [4.78, 5) is 38.9. The molecule has 0 amide bonds. The molecule has 13 heteroatoms. The number of aromatic nitrogens is 2. The minimum atomic E-state index is -4.13. The lowest BCUT2D eigenvalue weighted by Gasteiger charge is -2.26. The van der Waals surface area contributed by atoms with E-state index in [1.54, 1.807) is 37.3 Å². The lowest BCUT2D eigenvalue weighted by Crippen LogP contribution is -2.39. The molecule has 2 aliphatic rings. The number of H-pyrrole nitrogens is 1. The second-order valence-corrected chi connectivity index (χ2v) is 11.6. The first-order valence-electron chi connectivity index (χ1n) is 12.6. The van der Waals surface area contributed by atoms with Crippen molar-refractivity contribution in [3.8, 4) is 5.75 Å². The Hall–Kier alpha value is -2.76. The van der Waals surface area contributed by atoms with Gasteiger partial charge in [0.05, 0.1) is 13.2 Å². The van der Waals surface area contributed by atoms with Gasteiger partial charge in [-0.3, -0.25) is 23.7 Å². The van der Waals surface area contributed by atoms with Crippen molar-refractivity contribution in [2.75, 3.05) is 19.8 Å². The summed E-state index contributed by atoms with van der Waals surface area (Å²) in [6, 6.07) is 7.52. The van der Waals surface area contributed by atoms with E-state index in [2.05, 4.69) is 10.1 Å². The standard InChI is InChI=1S/C25H34N3O9P/c1-16(2)11-20(24(30)34-13-18-9-10-18)27-38(32,37-19-7-5-4-6-8-19)35-15-22-33-14-21(36-22)28-12-17(3)23(29)26-25(28)31/h4-8,12,16,18,20-22H,9-11,13-15H2,1-3H3,(H,27,32)(H,26,29,31)/t20-,21+,22+,38?/m0/s1. The Labute approximate surface area is 220 Å². The van der Waals surface area contributed by atoms with Gasteiger partial charge in [0.25, 0.3) is 5.56 Å². The monoisotopic (exact) mass is 551 g/mol. The van der Waals surface area contributed by atoms with Crippen molar-refractivity contribution in [1.82, 2.24) is 14.6 Å². The fourth-order valence-electron chi connectivity index (χ4n) is 3.79. The molecular weight excluding hydrogens is 517 g/mol. The van der Waals surface area contributed by atoms with Crippen molar-refractivity contribution in [3.63, 3.8) is 0 Å². The number of nitrogens with zero attached hydrogens (tertiary/aromatic N) is 1. The van der Waals surface area contributed by atoms with Gasteiger partial charge in [-0.25, -0.2) is 9.36 Å². The van der Waals surface area contributed by atoms with E-state index in [0.29, 0.717) is 24.5 Å². The molecule has 1 saturated carbocycles. The number of rotatable bonds is 13. The number of nitrogens with one attached hydrogen (secondary N) is 2. The molecule has 38 heavy (non-hydrogen) atoms. The molecule has 208 valence electrons. The predicted octanol–water partition coefficient (Wildman–Crippen LogP) is 2.88. The first-order chi connectivity index (χ1) is 18.1. The highest BCUT2D eigenvalue weighted by atomic mass is 31.2. The number of aromatic amines is 1. The van der Waals surface area contributed by atoms with Crippen LogP contribution in [-0.2, 0) is 28.1 Å². The molecular formula is C25H34N3O9P. The van der Waals surface area contributed by atoms with Crippen molar-refractivity contribution < 1.29 is 32.6 Å². The largest absolute Gasteiger partial charge is 0.464 e. The minimum Gasteiger partial charge on any atom is -0.464 e. The third-order valence-electron chi connectivity index (χ3n) is 6.00. The molecule has 12 nitrogen and oxygen atoms in total. The minimum absolute atomic E-state index is 0.000155.